The summed E-state index contributed by atoms with van der Waals surface area (Å²) in [5.41, 5.74) is 3.18. The van der Waals surface area contributed by atoms with E-state index in [-0.39, 0.29) is 11.9 Å². The molecule has 0 spiro atoms. The van der Waals surface area contributed by atoms with E-state index in [0.717, 1.165) is 16.7 Å². The van der Waals surface area contributed by atoms with Crippen molar-refractivity contribution < 1.29 is 9.21 Å². The van der Waals surface area contributed by atoms with Crippen molar-refractivity contribution in [3.8, 4) is 22.9 Å². The first-order valence-corrected chi connectivity index (χ1v) is 8.91. The maximum Gasteiger partial charge on any atom is 0.251 e. The average molecular weight is 370 g/mol. The largest absolute Gasteiger partial charge is 0.416 e. The highest BCUT2D eigenvalue weighted by atomic mass is 16.4. The predicted molar refractivity (Wildman–Crippen MR) is 105 cm³/mol. The fourth-order valence-electron chi connectivity index (χ4n) is 2.82. The van der Waals surface area contributed by atoms with E-state index in [1.807, 2.05) is 49.4 Å². The SMILES string of the molecule is C[C@H](NC(=O)c1ccc(-c2nnc(-c3ccccc3)o2)cc1)c1ccncc1. The van der Waals surface area contributed by atoms with Crippen LogP contribution in [0.5, 0.6) is 0 Å². The van der Waals surface area contributed by atoms with Crippen LogP contribution in [0.2, 0.25) is 0 Å². The van der Waals surface area contributed by atoms with E-state index in [0.29, 0.717) is 17.3 Å². The lowest BCUT2D eigenvalue weighted by atomic mass is 10.1. The van der Waals surface area contributed by atoms with Crippen molar-refractivity contribution in [1.29, 1.82) is 0 Å². The van der Waals surface area contributed by atoms with Gasteiger partial charge in [-0.3, -0.25) is 9.78 Å². The Balaban J connectivity index is 1.47. The molecule has 4 rings (SSSR count). The van der Waals surface area contributed by atoms with Gasteiger partial charge >= 0.3 is 0 Å². The molecule has 0 aliphatic carbocycles. The van der Waals surface area contributed by atoms with Gasteiger partial charge in [0, 0.05) is 29.1 Å². The van der Waals surface area contributed by atoms with Crippen LogP contribution in [-0.2, 0) is 0 Å². The second-order valence-corrected chi connectivity index (χ2v) is 6.33. The van der Waals surface area contributed by atoms with Gasteiger partial charge in [-0.2, -0.15) is 0 Å². The van der Waals surface area contributed by atoms with E-state index in [2.05, 4.69) is 20.5 Å². The van der Waals surface area contributed by atoms with Crippen LogP contribution in [0, 0.1) is 0 Å². The number of rotatable bonds is 5. The molecule has 0 aliphatic rings. The molecule has 0 saturated heterocycles. The van der Waals surface area contributed by atoms with Crippen LogP contribution in [0.4, 0.5) is 0 Å². The highest BCUT2D eigenvalue weighted by Gasteiger charge is 2.13. The molecule has 0 radical (unpaired) electrons. The van der Waals surface area contributed by atoms with Crippen LogP contribution >= 0.6 is 0 Å². The zero-order valence-corrected chi connectivity index (χ0v) is 15.2. The molecule has 0 fully saturated rings. The Hall–Kier alpha value is -3.80. The lowest BCUT2D eigenvalue weighted by molar-refractivity contribution is 0.0940. The number of nitrogens with zero attached hydrogens (tertiary/aromatic N) is 3. The first-order chi connectivity index (χ1) is 13.7. The van der Waals surface area contributed by atoms with Crippen molar-refractivity contribution in [3.63, 3.8) is 0 Å². The number of aromatic nitrogens is 3. The molecule has 4 aromatic rings. The minimum absolute atomic E-state index is 0.112. The lowest BCUT2D eigenvalue weighted by Gasteiger charge is -2.14. The third-order valence-corrected chi connectivity index (χ3v) is 4.39. The van der Waals surface area contributed by atoms with E-state index in [9.17, 15) is 4.79 Å². The number of pyridine rings is 1. The molecule has 1 atom stereocenters. The molecular weight excluding hydrogens is 352 g/mol. The normalized spacial score (nSPS) is 11.8. The van der Waals surface area contributed by atoms with Crippen molar-refractivity contribution in [1.82, 2.24) is 20.5 Å². The van der Waals surface area contributed by atoms with E-state index in [4.69, 9.17) is 4.42 Å². The standard InChI is InChI=1S/C22H18N4O2/c1-15(16-11-13-23-14-12-16)24-20(27)17-7-9-19(10-8-17)22-26-25-21(28-22)18-5-3-2-4-6-18/h2-15H,1H3,(H,24,27)/t15-/m0/s1. The van der Waals surface area contributed by atoms with Crippen LogP contribution in [0.1, 0.15) is 28.9 Å². The summed E-state index contributed by atoms with van der Waals surface area (Å²) in [6.45, 7) is 1.94. The van der Waals surface area contributed by atoms with Crippen molar-refractivity contribution >= 4 is 5.91 Å². The Kier molecular flexibility index (Phi) is 4.93. The molecule has 0 saturated carbocycles. The number of hydrogen-bond acceptors (Lipinski definition) is 5. The van der Waals surface area contributed by atoms with Gasteiger partial charge in [0.25, 0.3) is 5.91 Å². The summed E-state index contributed by atoms with van der Waals surface area (Å²) in [7, 11) is 0. The second kappa shape index (κ2) is 7.84. The van der Waals surface area contributed by atoms with Gasteiger partial charge in [-0.1, -0.05) is 18.2 Å². The number of nitrogens with one attached hydrogen (secondary N) is 1. The van der Waals surface area contributed by atoms with Gasteiger partial charge in [0.1, 0.15) is 0 Å². The maximum atomic E-state index is 12.5. The summed E-state index contributed by atoms with van der Waals surface area (Å²) in [5.74, 6) is 0.728. The maximum absolute atomic E-state index is 12.5. The van der Waals surface area contributed by atoms with Crippen LogP contribution < -0.4 is 5.32 Å². The van der Waals surface area contributed by atoms with E-state index in [1.54, 1.807) is 36.7 Å². The molecule has 0 unspecified atom stereocenters. The zero-order valence-electron chi connectivity index (χ0n) is 15.2. The summed E-state index contributed by atoms with van der Waals surface area (Å²) in [6, 6.07) is 20.3. The van der Waals surface area contributed by atoms with Gasteiger partial charge in [-0.25, -0.2) is 0 Å². The predicted octanol–water partition coefficient (Wildman–Crippen LogP) is 4.29. The smallest absolute Gasteiger partial charge is 0.251 e. The lowest BCUT2D eigenvalue weighted by Crippen LogP contribution is -2.26. The third-order valence-electron chi connectivity index (χ3n) is 4.39. The van der Waals surface area contributed by atoms with E-state index >= 15 is 0 Å². The summed E-state index contributed by atoms with van der Waals surface area (Å²) in [4.78, 5) is 16.5. The number of amides is 1. The molecule has 1 amide bonds. The fraction of sp³-hybridized carbons (Fsp3) is 0.0909. The van der Waals surface area contributed by atoms with Crippen molar-refractivity contribution in [2.75, 3.05) is 0 Å². The van der Waals surface area contributed by atoms with E-state index < -0.39 is 0 Å². The number of carbonyl (C=O) groups excluding carboxylic acids is 1. The topological polar surface area (TPSA) is 80.9 Å². The molecule has 2 aromatic heterocycles. The van der Waals surface area contributed by atoms with Gasteiger partial charge in [-0.05, 0) is 61.0 Å². The van der Waals surface area contributed by atoms with Crippen molar-refractivity contribution in [3.05, 3.63) is 90.3 Å². The second-order valence-electron chi connectivity index (χ2n) is 6.33. The van der Waals surface area contributed by atoms with Gasteiger partial charge in [-0.15, -0.1) is 10.2 Å². The number of benzene rings is 2. The minimum atomic E-state index is -0.147. The highest BCUT2D eigenvalue weighted by molar-refractivity contribution is 5.94. The first kappa shape index (κ1) is 17.6. The molecule has 2 heterocycles. The third kappa shape index (κ3) is 3.81. The number of hydrogen-bond donors (Lipinski definition) is 1. The summed E-state index contributed by atoms with van der Waals surface area (Å²) in [6.07, 6.45) is 3.42. The minimum Gasteiger partial charge on any atom is -0.416 e. The van der Waals surface area contributed by atoms with Gasteiger partial charge in [0.15, 0.2) is 0 Å². The molecule has 0 aliphatic heterocycles. The fourth-order valence-corrected chi connectivity index (χ4v) is 2.82. The molecule has 6 heteroatoms. The summed E-state index contributed by atoms with van der Waals surface area (Å²) >= 11 is 0. The van der Waals surface area contributed by atoms with Gasteiger partial charge in [0.05, 0.1) is 6.04 Å². The molecule has 0 bridgehead atoms. The Morgan fingerprint density at radius 1 is 0.857 bits per heavy atom. The quantitative estimate of drug-likeness (QED) is 0.567. The Morgan fingerprint density at radius 3 is 2.11 bits per heavy atom. The monoisotopic (exact) mass is 370 g/mol. The summed E-state index contributed by atoms with van der Waals surface area (Å²) < 4.78 is 5.75. The Labute approximate surface area is 162 Å². The van der Waals surface area contributed by atoms with Crippen LogP contribution in [0.25, 0.3) is 22.9 Å². The zero-order chi connectivity index (χ0) is 19.3. The van der Waals surface area contributed by atoms with Crippen LogP contribution in [-0.4, -0.2) is 21.1 Å². The molecule has 28 heavy (non-hydrogen) atoms. The molecule has 6 nitrogen and oxygen atoms in total. The van der Waals surface area contributed by atoms with Crippen molar-refractivity contribution in [2.24, 2.45) is 0 Å². The molecular formula is C22H18N4O2. The van der Waals surface area contributed by atoms with E-state index in [1.165, 1.54) is 0 Å². The highest BCUT2D eigenvalue weighted by Crippen LogP contribution is 2.24. The Bertz CT molecular complexity index is 1060. The van der Waals surface area contributed by atoms with Crippen molar-refractivity contribution in [2.45, 2.75) is 13.0 Å². The van der Waals surface area contributed by atoms with Crippen LogP contribution in [0.3, 0.4) is 0 Å². The first-order valence-electron chi connectivity index (χ1n) is 8.91. The van der Waals surface area contributed by atoms with Gasteiger partial charge < -0.3 is 9.73 Å². The number of carbonyl (C=O) groups is 1. The molecule has 1 N–H and O–H groups in total. The average Bonchev–Trinajstić information content (AvgIpc) is 3.25. The molecule has 2 aromatic carbocycles. The molecule has 138 valence electrons. The van der Waals surface area contributed by atoms with Gasteiger partial charge in [0.2, 0.25) is 11.8 Å². The Morgan fingerprint density at radius 2 is 1.46 bits per heavy atom. The summed E-state index contributed by atoms with van der Waals surface area (Å²) in [5, 5.41) is 11.2. The van der Waals surface area contributed by atoms with Crippen LogP contribution in [0.15, 0.2) is 83.5 Å².